The molecule has 0 fully saturated rings. The zero-order valence-electron chi connectivity index (χ0n) is 9.43. The van der Waals surface area contributed by atoms with Gasteiger partial charge in [0, 0.05) is 0 Å². The van der Waals surface area contributed by atoms with Crippen LogP contribution in [-0.2, 0) is 12.8 Å². The van der Waals surface area contributed by atoms with Crippen molar-refractivity contribution in [2.75, 3.05) is 0 Å². The molecule has 0 heterocycles. The van der Waals surface area contributed by atoms with Crippen LogP contribution in [0.25, 0.3) is 0 Å². The minimum absolute atomic E-state index is 0.512. The highest BCUT2D eigenvalue weighted by atomic mass is 16.3. The first-order valence-corrected chi connectivity index (χ1v) is 5.51. The number of phenolic OH excluding ortho intramolecular Hbond substituents is 1. The van der Waals surface area contributed by atoms with Crippen molar-refractivity contribution in [3.63, 3.8) is 0 Å². The molecule has 0 unspecified atom stereocenters. The van der Waals surface area contributed by atoms with Crippen molar-refractivity contribution < 1.29 is 5.11 Å². The molecule has 0 aromatic heterocycles. The second-order valence-electron chi connectivity index (χ2n) is 3.87. The fourth-order valence-electron chi connectivity index (χ4n) is 1.83. The Hall–Kier alpha value is -0.980. The van der Waals surface area contributed by atoms with Gasteiger partial charge in [0.15, 0.2) is 0 Å². The number of hydrogen-bond acceptors (Lipinski definition) is 1. The van der Waals surface area contributed by atoms with Gasteiger partial charge in [-0.05, 0) is 36.5 Å². The molecule has 14 heavy (non-hydrogen) atoms. The highest BCUT2D eigenvalue weighted by Crippen LogP contribution is 2.27. The fraction of sp³-hybridized carbons (Fsp3) is 0.538. The van der Waals surface area contributed by atoms with Gasteiger partial charge in [0.25, 0.3) is 0 Å². The molecule has 0 saturated carbocycles. The lowest BCUT2D eigenvalue weighted by molar-refractivity contribution is 0.462. The molecule has 0 saturated heterocycles. The lowest BCUT2D eigenvalue weighted by atomic mass is 9.96. The predicted molar refractivity (Wildman–Crippen MR) is 60.8 cm³/mol. The average Bonchev–Trinajstić information content (AvgIpc) is 2.18. The predicted octanol–water partition coefficient (Wildman–Crippen LogP) is 3.61. The van der Waals surface area contributed by atoms with Crippen molar-refractivity contribution in [3.8, 4) is 5.75 Å². The maximum atomic E-state index is 9.94. The van der Waals surface area contributed by atoms with Gasteiger partial charge in [0.1, 0.15) is 5.75 Å². The summed E-state index contributed by atoms with van der Waals surface area (Å²) >= 11 is 0. The molecule has 0 radical (unpaired) electrons. The molecule has 1 aromatic carbocycles. The van der Waals surface area contributed by atoms with Crippen molar-refractivity contribution in [1.29, 1.82) is 0 Å². The van der Waals surface area contributed by atoms with Crippen molar-refractivity contribution >= 4 is 0 Å². The molecular weight excluding hydrogens is 172 g/mol. The maximum absolute atomic E-state index is 9.94. The largest absolute Gasteiger partial charge is 0.507 e. The summed E-state index contributed by atoms with van der Waals surface area (Å²) in [5.41, 5.74) is 3.47. The van der Waals surface area contributed by atoms with Crippen LogP contribution in [0.4, 0.5) is 0 Å². The second kappa shape index (κ2) is 5.04. The summed E-state index contributed by atoms with van der Waals surface area (Å²) in [5, 5.41) is 9.94. The minimum atomic E-state index is 0.512. The smallest absolute Gasteiger partial charge is 0.121 e. The topological polar surface area (TPSA) is 20.2 Å². The number of aromatic hydroxyl groups is 1. The lowest BCUT2D eigenvalue weighted by Crippen LogP contribution is -1.96. The molecule has 0 amide bonds. The van der Waals surface area contributed by atoms with E-state index in [0.717, 1.165) is 36.8 Å². The molecule has 0 aliphatic carbocycles. The number of hydrogen-bond donors (Lipinski definition) is 1. The molecule has 1 rings (SSSR count). The summed E-state index contributed by atoms with van der Waals surface area (Å²) in [5.74, 6) is 0.512. The van der Waals surface area contributed by atoms with Gasteiger partial charge >= 0.3 is 0 Å². The average molecular weight is 192 g/mol. The van der Waals surface area contributed by atoms with E-state index in [1.54, 1.807) is 0 Å². The zero-order valence-corrected chi connectivity index (χ0v) is 9.43. The van der Waals surface area contributed by atoms with Crippen LogP contribution in [0.2, 0.25) is 0 Å². The summed E-state index contributed by atoms with van der Waals surface area (Å²) in [6.07, 6.45) is 4.29. The van der Waals surface area contributed by atoms with Crippen LogP contribution < -0.4 is 0 Å². The molecule has 0 aliphatic rings. The summed E-state index contributed by atoms with van der Waals surface area (Å²) in [6.45, 7) is 6.29. The first kappa shape index (κ1) is 11.1. The first-order valence-electron chi connectivity index (χ1n) is 5.51. The molecule has 1 nitrogen and oxygen atoms in total. The van der Waals surface area contributed by atoms with Gasteiger partial charge < -0.3 is 5.11 Å². The molecule has 0 aliphatic heterocycles. The van der Waals surface area contributed by atoms with Crippen LogP contribution >= 0.6 is 0 Å². The Bertz CT molecular complexity index is 302. The Balaban J connectivity index is 3.08. The van der Waals surface area contributed by atoms with E-state index in [1.165, 1.54) is 5.56 Å². The van der Waals surface area contributed by atoms with E-state index in [1.807, 2.05) is 13.0 Å². The summed E-state index contributed by atoms with van der Waals surface area (Å²) in [4.78, 5) is 0. The van der Waals surface area contributed by atoms with E-state index in [-0.39, 0.29) is 0 Å². The molecular formula is C13H20O. The normalized spacial score (nSPS) is 10.5. The summed E-state index contributed by atoms with van der Waals surface area (Å²) < 4.78 is 0. The molecule has 0 spiro atoms. The monoisotopic (exact) mass is 192 g/mol. The molecule has 0 atom stereocenters. The van der Waals surface area contributed by atoms with E-state index in [4.69, 9.17) is 0 Å². The van der Waals surface area contributed by atoms with E-state index < -0.39 is 0 Å². The van der Waals surface area contributed by atoms with Crippen LogP contribution in [0.15, 0.2) is 12.1 Å². The van der Waals surface area contributed by atoms with Crippen LogP contribution in [-0.4, -0.2) is 5.11 Å². The molecule has 1 aromatic rings. The molecule has 0 bridgehead atoms. The van der Waals surface area contributed by atoms with Gasteiger partial charge in [-0.1, -0.05) is 38.8 Å². The van der Waals surface area contributed by atoms with Gasteiger partial charge in [0.2, 0.25) is 0 Å². The van der Waals surface area contributed by atoms with Crippen molar-refractivity contribution in [1.82, 2.24) is 0 Å². The molecule has 1 N–H and O–H groups in total. The van der Waals surface area contributed by atoms with Gasteiger partial charge in [-0.2, -0.15) is 0 Å². The SMILES string of the molecule is CCCc1ccc(C)c(O)c1CCC. The third kappa shape index (κ3) is 2.28. The maximum Gasteiger partial charge on any atom is 0.121 e. The Morgan fingerprint density at radius 1 is 1.07 bits per heavy atom. The van der Waals surface area contributed by atoms with Crippen LogP contribution in [0.5, 0.6) is 5.75 Å². The zero-order chi connectivity index (χ0) is 10.6. The van der Waals surface area contributed by atoms with Crippen molar-refractivity contribution in [2.24, 2.45) is 0 Å². The minimum Gasteiger partial charge on any atom is -0.507 e. The Kier molecular flexibility index (Phi) is 3.99. The van der Waals surface area contributed by atoms with Crippen LogP contribution in [0.3, 0.4) is 0 Å². The molecule has 1 heteroatoms. The van der Waals surface area contributed by atoms with E-state index in [9.17, 15) is 5.11 Å². The Morgan fingerprint density at radius 2 is 1.71 bits per heavy atom. The standard InChI is InChI=1S/C13H20O/c1-4-6-11-9-8-10(3)13(14)12(11)7-5-2/h8-9,14H,4-7H2,1-3H3. The number of rotatable bonds is 4. The Morgan fingerprint density at radius 3 is 2.29 bits per heavy atom. The highest BCUT2D eigenvalue weighted by molar-refractivity contribution is 5.45. The number of benzene rings is 1. The fourth-order valence-corrected chi connectivity index (χ4v) is 1.83. The van der Waals surface area contributed by atoms with Gasteiger partial charge in [-0.15, -0.1) is 0 Å². The molecule has 78 valence electrons. The third-order valence-corrected chi connectivity index (χ3v) is 2.60. The lowest BCUT2D eigenvalue weighted by Gasteiger charge is -2.12. The second-order valence-corrected chi connectivity index (χ2v) is 3.87. The number of phenols is 1. The first-order chi connectivity index (χ1) is 6.70. The van der Waals surface area contributed by atoms with E-state index in [0.29, 0.717) is 5.75 Å². The highest BCUT2D eigenvalue weighted by Gasteiger charge is 2.08. The number of aryl methyl sites for hydroxylation is 2. The van der Waals surface area contributed by atoms with Gasteiger partial charge in [-0.25, -0.2) is 0 Å². The van der Waals surface area contributed by atoms with Gasteiger partial charge in [-0.3, -0.25) is 0 Å². The van der Waals surface area contributed by atoms with Crippen LogP contribution in [0, 0.1) is 6.92 Å². The van der Waals surface area contributed by atoms with E-state index in [2.05, 4.69) is 19.9 Å². The van der Waals surface area contributed by atoms with Crippen LogP contribution in [0.1, 0.15) is 43.4 Å². The quantitative estimate of drug-likeness (QED) is 0.772. The third-order valence-electron chi connectivity index (χ3n) is 2.60. The van der Waals surface area contributed by atoms with E-state index >= 15 is 0 Å². The summed E-state index contributed by atoms with van der Waals surface area (Å²) in [6, 6.07) is 4.17. The summed E-state index contributed by atoms with van der Waals surface area (Å²) in [7, 11) is 0. The Labute approximate surface area is 86.8 Å². The van der Waals surface area contributed by atoms with Gasteiger partial charge in [0.05, 0.1) is 0 Å². The van der Waals surface area contributed by atoms with Crippen molar-refractivity contribution in [2.45, 2.75) is 46.5 Å². The van der Waals surface area contributed by atoms with Crippen molar-refractivity contribution in [3.05, 3.63) is 28.8 Å².